The van der Waals surface area contributed by atoms with Crippen LogP contribution in [0.5, 0.6) is 11.5 Å². The number of nitrogens with zero attached hydrogens (tertiary/aromatic N) is 4. The summed E-state index contributed by atoms with van der Waals surface area (Å²) in [4.78, 5) is 98.7. The second-order valence-electron chi connectivity index (χ2n) is 11.6. The lowest BCUT2D eigenvalue weighted by Gasteiger charge is -2.09. The maximum atomic E-state index is 13.0. The smallest absolute Gasteiger partial charge is 0.357 e. The van der Waals surface area contributed by atoms with Crippen LogP contribution in [0.2, 0.25) is 0 Å². The van der Waals surface area contributed by atoms with Crippen molar-refractivity contribution >= 4 is 63.3 Å². The first-order valence-electron chi connectivity index (χ1n) is 15.0. The van der Waals surface area contributed by atoms with Crippen LogP contribution in [0.1, 0.15) is 0 Å². The van der Waals surface area contributed by atoms with Gasteiger partial charge >= 0.3 is 20.2 Å². The Kier molecular flexibility index (Phi) is 7.15. The third-order valence-corrected chi connectivity index (χ3v) is 10.9. The van der Waals surface area contributed by atoms with Crippen LogP contribution in [0.3, 0.4) is 0 Å². The maximum absolute atomic E-state index is 13.0. The SMILES string of the molecule is O=c1c2cc3c(=O)n(OS(=O)(=O)c4ccc(Oc5ccc(S(=O)(=O)On6c(=O)c7cc8c(=O)n(O)c(=O)c8cc7c6=O)cc5)cc4)c(=O)c3cc2c(=O)n1O. The van der Waals surface area contributed by atoms with Gasteiger partial charge in [0.25, 0.3) is 44.5 Å². The minimum atomic E-state index is -4.85. The molecule has 276 valence electrons. The molecule has 21 nitrogen and oxygen atoms in total. The third-order valence-electron chi connectivity index (χ3n) is 8.47. The van der Waals surface area contributed by atoms with Crippen LogP contribution in [0.25, 0.3) is 43.1 Å². The highest BCUT2D eigenvalue weighted by atomic mass is 32.2. The molecule has 0 spiro atoms. The Labute approximate surface area is 299 Å². The number of hydrogen-bond acceptors (Lipinski definition) is 17. The average molecular weight is 791 g/mol. The summed E-state index contributed by atoms with van der Waals surface area (Å²) in [7, 11) is -9.71. The predicted octanol–water partition coefficient (Wildman–Crippen LogP) is -1.96. The molecule has 2 N–H and O–H groups in total. The van der Waals surface area contributed by atoms with Crippen molar-refractivity contribution in [2.75, 3.05) is 0 Å². The third kappa shape index (κ3) is 5.05. The average Bonchev–Trinajstić information content (AvgIpc) is 3.71. The molecule has 23 heteroatoms. The monoisotopic (exact) mass is 790 g/mol. The lowest BCUT2D eigenvalue weighted by atomic mass is 10.1. The molecule has 0 saturated carbocycles. The maximum Gasteiger partial charge on any atom is 0.357 e. The Hall–Kier alpha value is -7.66. The van der Waals surface area contributed by atoms with Crippen LogP contribution in [0, 0.1) is 0 Å². The van der Waals surface area contributed by atoms with E-state index < -0.39 is 96.0 Å². The van der Waals surface area contributed by atoms with Gasteiger partial charge in [-0.1, -0.05) is 9.46 Å². The molecule has 0 aliphatic rings. The van der Waals surface area contributed by atoms with Gasteiger partial charge in [0, 0.05) is 0 Å². The van der Waals surface area contributed by atoms with Crippen molar-refractivity contribution < 1.29 is 40.6 Å². The van der Waals surface area contributed by atoms with Crippen LogP contribution in [-0.4, -0.2) is 46.2 Å². The lowest BCUT2D eigenvalue weighted by Crippen LogP contribution is -2.35. The van der Waals surface area contributed by atoms with E-state index in [1.54, 1.807) is 0 Å². The molecule has 4 heterocycles. The Morgan fingerprint density at radius 1 is 0.382 bits per heavy atom. The molecule has 0 unspecified atom stereocenters. The van der Waals surface area contributed by atoms with Crippen LogP contribution in [0.4, 0.5) is 0 Å². The minimum absolute atomic E-state index is 0.00696. The summed E-state index contributed by atoms with van der Waals surface area (Å²) in [6, 6.07) is 12.0. The normalized spacial score (nSPS) is 12.3. The molecule has 0 aliphatic carbocycles. The highest BCUT2D eigenvalue weighted by molar-refractivity contribution is 7.87. The van der Waals surface area contributed by atoms with Crippen molar-refractivity contribution in [3.8, 4) is 11.5 Å². The Balaban J connectivity index is 1.000. The molecule has 0 amide bonds. The Morgan fingerprint density at radius 2 is 0.618 bits per heavy atom. The number of ether oxygens (including phenoxy) is 1. The van der Waals surface area contributed by atoms with Crippen LogP contribution < -0.4 is 57.8 Å². The molecule has 0 fully saturated rings. The molecule has 4 aromatic heterocycles. The summed E-state index contributed by atoms with van der Waals surface area (Å²) < 4.78 is 66.6. The molecular weight excluding hydrogens is 776 g/mol. The van der Waals surface area contributed by atoms with E-state index in [0.717, 1.165) is 72.8 Å². The van der Waals surface area contributed by atoms with Gasteiger partial charge in [-0.3, -0.25) is 46.9 Å². The zero-order chi connectivity index (χ0) is 39.5. The first-order valence-corrected chi connectivity index (χ1v) is 17.8. The topological polar surface area (TPSA) is 293 Å². The van der Waals surface area contributed by atoms with Crippen molar-refractivity contribution in [3.63, 3.8) is 0 Å². The number of hydrogen-bond donors (Lipinski definition) is 2. The standard InChI is InChI=1S/C32H14N4O17S2/c37-25-17-9-21-22(10-18(17)26(38)33(25)45)30(42)35(29(21)41)52-54(47,48)15-5-1-13(2-6-15)51-14-3-7-16(8-4-14)55(49,50)53-36-31(43)23-11-19-20(12-24(23)32(36)44)28(40)34(46)27(19)39/h1-12,45-46H. The van der Waals surface area contributed by atoms with Gasteiger partial charge in [0.2, 0.25) is 0 Å². The van der Waals surface area contributed by atoms with E-state index in [2.05, 4.69) is 0 Å². The molecule has 0 bridgehead atoms. The molecule has 0 radical (unpaired) electrons. The first kappa shape index (κ1) is 34.4. The molecule has 0 aliphatic heterocycles. The van der Waals surface area contributed by atoms with Gasteiger partial charge in [-0.15, -0.1) is 9.46 Å². The van der Waals surface area contributed by atoms with Crippen LogP contribution in [0.15, 0.2) is 121 Å². The second-order valence-corrected chi connectivity index (χ2v) is 14.7. The summed E-state index contributed by atoms with van der Waals surface area (Å²) >= 11 is 0. The lowest BCUT2D eigenvalue weighted by molar-refractivity contribution is 0.170. The Morgan fingerprint density at radius 3 is 0.873 bits per heavy atom. The van der Waals surface area contributed by atoms with E-state index in [9.17, 15) is 65.6 Å². The van der Waals surface area contributed by atoms with Gasteiger partial charge in [-0.2, -0.15) is 16.8 Å². The fraction of sp³-hybridized carbons (Fsp3) is 0. The quantitative estimate of drug-likeness (QED) is 0.158. The van der Waals surface area contributed by atoms with E-state index in [-0.39, 0.29) is 52.0 Å². The highest BCUT2D eigenvalue weighted by Crippen LogP contribution is 2.25. The Bertz CT molecular complexity index is 3270. The largest absolute Gasteiger partial charge is 0.457 e. The fourth-order valence-corrected chi connectivity index (χ4v) is 7.55. The van der Waals surface area contributed by atoms with Crippen molar-refractivity contribution in [3.05, 3.63) is 156 Å². The van der Waals surface area contributed by atoms with Crippen molar-refractivity contribution in [2.24, 2.45) is 0 Å². The zero-order valence-electron chi connectivity index (χ0n) is 26.6. The van der Waals surface area contributed by atoms with Crippen LogP contribution in [-0.2, 0) is 20.2 Å². The van der Waals surface area contributed by atoms with Crippen molar-refractivity contribution in [2.45, 2.75) is 9.79 Å². The molecular formula is C32H14N4O17S2. The summed E-state index contributed by atoms with van der Waals surface area (Å²) in [5, 5.41) is 15.8. The second kappa shape index (κ2) is 11.4. The van der Waals surface area contributed by atoms with Gasteiger partial charge in [-0.25, -0.2) is 0 Å². The molecule has 8 aromatic rings. The summed E-state index contributed by atoms with van der Waals surface area (Å²) in [6.07, 6.45) is 0. The first-order chi connectivity index (χ1) is 25.9. The van der Waals surface area contributed by atoms with Gasteiger partial charge in [0.05, 0.1) is 43.1 Å². The van der Waals surface area contributed by atoms with Crippen molar-refractivity contribution in [1.82, 2.24) is 18.9 Å². The van der Waals surface area contributed by atoms with Gasteiger partial charge in [0.1, 0.15) is 21.3 Å². The van der Waals surface area contributed by atoms with Crippen LogP contribution >= 0.6 is 0 Å². The number of fused-ring (bicyclic) bond motifs is 4. The summed E-state index contributed by atoms with van der Waals surface area (Å²) in [6.45, 7) is 0. The fourth-order valence-electron chi connectivity index (χ4n) is 5.78. The van der Waals surface area contributed by atoms with E-state index in [1.165, 1.54) is 0 Å². The molecule has 0 saturated heterocycles. The van der Waals surface area contributed by atoms with Crippen molar-refractivity contribution in [1.29, 1.82) is 0 Å². The number of benzene rings is 4. The van der Waals surface area contributed by atoms with E-state index in [4.69, 9.17) is 13.3 Å². The summed E-state index contributed by atoms with van der Waals surface area (Å²) in [5.41, 5.74) is -9.67. The number of rotatable bonds is 8. The van der Waals surface area contributed by atoms with E-state index in [0.29, 0.717) is 0 Å². The highest BCUT2D eigenvalue weighted by Gasteiger charge is 2.27. The zero-order valence-corrected chi connectivity index (χ0v) is 28.2. The predicted molar refractivity (Wildman–Crippen MR) is 185 cm³/mol. The van der Waals surface area contributed by atoms with Gasteiger partial charge in [0.15, 0.2) is 0 Å². The molecule has 4 aromatic carbocycles. The molecule has 55 heavy (non-hydrogen) atoms. The van der Waals surface area contributed by atoms with E-state index >= 15 is 0 Å². The summed E-state index contributed by atoms with van der Waals surface area (Å²) in [5.74, 6) is 0.0139. The van der Waals surface area contributed by atoms with E-state index in [1.807, 2.05) is 0 Å². The van der Waals surface area contributed by atoms with Gasteiger partial charge < -0.3 is 15.2 Å². The van der Waals surface area contributed by atoms with Gasteiger partial charge in [-0.05, 0) is 72.8 Å². The minimum Gasteiger partial charge on any atom is -0.457 e. The number of aromatic nitrogens is 4. The molecule has 0 atom stereocenters. The molecule has 8 rings (SSSR count).